The van der Waals surface area contributed by atoms with Gasteiger partial charge in [-0.3, -0.25) is 0 Å². The van der Waals surface area contributed by atoms with E-state index in [-0.39, 0.29) is 0 Å². The van der Waals surface area contributed by atoms with Crippen LogP contribution in [0.3, 0.4) is 0 Å². The van der Waals surface area contributed by atoms with Crippen LogP contribution in [0.2, 0.25) is 0 Å². The smallest absolute Gasteiger partial charge is 0.0727 e. The SMILES string of the molecule is CCC=Cc1c(C)cccc1COCc1cccc(C)c1C=CCC. The Morgan fingerprint density at radius 3 is 1.56 bits per heavy atom. The maximum atomic E-state index is 6.09. The first-order valence-electron chi connectivity index (χ1n) is 9.25. The molecule has 0 aromatic heterocycles. The average Bonchev–Trinajstić information content (AvgIpc) is 2.60. The van der Waals surface area contributed by atoms with Gasteiger partial charge in [0.2, 0.25) is 0 Å². The van der Waals surface area contributed by atoms with Gasteiger partial charge in [0.15, 0.2) is 0 Å². The second-order valence-corrected chi connectivity index (χ2v) is 6.41. The highest BCUT2D eigenvalue weighted by Gasteiger charge is 2.06. The van der Waals surface area contributed by atoms with Gasteiger partial charge in [0.1, 0.15) is 0 Å². The van der Waals surface area contributed by atoms with E-state index >= 15 is 0 Å². The molecule has 0 fully saturated rings. The zero-order valence-corrected chi connectivity index (χ0v) is 16.0. The summed E-state index contributed by atoms with van der Waals surface area (Å²) in [7, 11) is 0. The lowest BCUT2D eigenvalue weighted by atomic mass is 10.0. The van der Waals surface area contributed by atoms with Gasteiger partial charge < -0.3 is 4.74 Å². The summed E-state index contributed by atoms with van der Waals surface area (Å²) in [6.07, 6.45) is 10.9. The summed E-state index contributed by atoms with van der Waals surface area (Å²) < 4.78 is 6.09. The molecule has 0 radical (unpaired) electrons. The van der Waals surface area contributed by atoms with Crippen LogP contribution in [0, 0.1) is 13.8 Å². The first-order chi connectivity index (χ1) is 12.2. The molecule has 0 aliphatic rings. The molecule has 0 saturated carbocycles. The second kappa shape index (κ2) is 10.0. The molecule has 0 atom stereocenters. The quantitative estimate of drug-likeness (QED) is 0.512. The van der Waals surface area contributed by atoms with Gasteiger partial charge in [-0.15, -0.1) is 0 Å². The van der Waals surface area contributed by atoms with Crippen LogP contribution in [0.25, 0.3) is 12.2 Å². The summed E-state index contributed by atoms with van der Waals surface area (Å²) in [5.41, 5.74) is 7.69. The molecule has 2 rings (SSSR count). The Kier molecular flexibility index (Phi) is 7.69. The summed E-state index contributed by atoms with van der Waals surface area (Å²) in [6, 6.07) is 12.9. The monoisotopic (exact) mass is 334 g/mol. The molecule has 0 unspecified atom stereocenters. The summed E-state index contributed by atoms with van der Waals surface area (Å²) in [5, 5.41) is 0. The Bertz CT molecular complexity index is 674. The van der Waals surface area contributed by atoms with E-state index in [0.717, 1.165) is 12.8 Å². The lowest BCUT2D eigenvalue weighted by Gasteiger charge is -2.13. The topological polar surface area (TPSA) is 9.23 Å². The molecule has 0 heterocycles. The first kappa shape index (κ1) is 19.2. The van der Waals surface area contributed by atoms with Crippen molar-refractivity contribution in [2.75, 3.05) is 0 Å². The number of allylic oxidation sites excluding steroid dienone is 2. The molecule has 0 amide bonds. The summed E-state index contributed by atoms with van der Waals surface area (Å²) in [4.78, 5) is 0. The third-order valence-electron chi connectivity index (χ3n) is 4.38. The van der Waals surface area contributed by atoms with E-state index in [2.05, 4.69) is 88.4 Å². The molecule has 0 N–H and O–H groups in total. The molecule has 1 nitrogen and oxygen atoms in total. The molecule has 0 spiro atoms. The van der Waals surface area contributed by atoms with Crippen LogP contribution in [0.4, 0.5) is 0 Å². The van der Waals surface area contributed by atoms with Crippen LogP contribution in [-0.4, -0.2) is 0 Å². The normalized spacial score (nSPS) is 11.7. The number of benzene rings is 2. The van der Waals surface area contributed by atoms with Crippen molar-refractivity contribution in [1.82, 2.24) is 0 Å². The van der Waals surface area contributed by atoms with Gasteiger partial charge in [-0.2, -0.15) is 0 Å². The number of hydrogen-bond acceptors (Lipinski definition) is 1. The fraction of sp³-hybridized carbons (Fsp3) is 0.333. The molecular weight excluding hydrogens is 304 g/mol. The van der Waals surface area contributed by atoms with Crippen molar-refractivity contribution >= 4 is 12.2 Å². The zero-order chi connectivity index (χ0) is 18.1. The van der Waals surface area contributed by atoms with Crippen molar-refractivity contribution in [3.8, 4) is 0 Å². The lowest BCUT2D eigenvalue weighted by molar-refractivity contribution is 0.107. The third kappa shape index (κ3) is 5.44. The van der Waals surface area contributed by atoms with Crippen molar-refractivity contribution in [2.45, 2.75) is 53.8 Å². The number of ether oxygens (including phenoxy) is 1. The molecule has 0 bridgehead atoms. The maximum absolute atomic E-state index is 6.09. The fourth-order valence-corrected chi connectivity index (χ4v) is 2.95. The van der Waals surface area contributed by atoms with Gasteiger partial charge in [0.05, 0.1) is 13.2 Å². The van der Waals surface area contributed by atoms with E-state index < -0.39 is 0 Å². The van der Waals surface area contributed by atoms with Crippen LogP contribution in [0.1, 0.15) is 60.1 Å². The molecule has 1 heteroatoms. The molecule has 0 aliphatic carbocycles. The zero-order valence-electron chi connectivity index (χ0n) is 16.0. The van der Waals surface area contributed by atoms with Gasteiger partial charge in [-0.25, -0.2) is 0 Å². The Morgan fingerprint density at radius 2 is 1.16 bits per heavy atom. The van der Waals surface area contributed by atoms with E-state index in [1.165, 1.54) is 33.4 Å². The fourth-order valence-electron chi connectivity index (χ4n) is 2.95. The van der Waals surface area contributed by atoms with Crippen LogP contribution in [0.5, 0.6) is 0 Å². The second-order valence-electron chi connectivity index (χ2n) is 6.41. The molecule has 0 aliphatic heterocycles. The van der Waals surface area contributed by atoms with E-state index in [9.17, 15) is 0 Å². The first-order valence-corrected chi connectivity index (χ1v) is 9.25. The van der Waals surface area contributed by atoms with Crippen LogP contribution in [-0.2, 0) is 18.0 Å². The Morgan fingerprint density at radius 1 is 0.720 bits per heavy atom. The summed E-state index contributed by atoms with van der Waals surface area (Å²) >= 11 is 0. The highest BCUT2D eigenvalue weighted by atomic mass is 16.5. The molecule has 2 aromatic rings. The van der Waals surface area contributed by atoms with E-state index in [0.29, 0.717) is 13.2 Å². The van der Waals surface area contributed by atoms with Gasteiger partial charge >= 0.3 is 0 Å². The van der Waals surface area contributed by atoms with E-state index in [1.54, 1.807) is 0 Å². The highest BCUT2D eigenvalue weighted by molar-refractivity contribution is 5.58. The number of rotatable bonds is 8. The molecule has 0 saturated heterocycles. The largest absolute Gasteiger partial charge is 0.372 e. The lowest BCUT2D eigenvalue weighted by Crippen LogP contribution is -2.00. The van der Waals surface area contributed by atoms with E-state index in [1.807, 2.05) is 0 Å². The Hall–Kier alpha value is -2.12. The van der Waals surface area contributed by atoms with Crippen molar-refractivity contribution in [3.63, 3.8) is 0 Å². The van der Waals surface area contributed by atoms with Gasteiger partial charge in [0, 0.05) is 0 Å². The predicted octanol–water partition coefficient (Wildman–Crippen LogP) is 6.87. The third-order valence-corrected chi connectivity index (χ3v) is 4.38. The van der Waals surface area contributed by atoms with Crippen molar-refractivity contribution < 1.29 is 4.74 Å². The standard InChI is InChI=1S/C24H30O/c1-5-7-15-23-19(3)11-9-13-21(23)17-25-18-22-14-10-12-20(4)24(22)16-8-6-2/h7-16H,5-6,17-18H2,1-4H3. The van der Waals surface area contributed by atoms with Crippen molar-refractivity contribution in [2.24, 2.45) is 0 Å². The predicted molar refractivity (Wildman–Crippen MR) is 110 cm³/mol. The van der Waals surface area contributed by atoms with Gasteiger partial charge in [0.25, 0.3) is 0 Å². The van der Waals surface area contributed by atoms with Crippen molar-refractivity contribution in [3.05, 3.63) is 81.9 Å². The summed E-state index contributed by atoms with van der Waals surface area (Å²) in [6.45, 7) is 9.91. The van der Waals surface area contributed by atoms with E-state index in [4.69, 9.17) is 4.74 Å². The highest BCUT2D eigenvalue weighted by Crippen LogP contribution is 2.21. The Balaban J connectivity index is 2.12. The minimum absolute atomic E-state index is 0.635. The van der Waals surface area contributed by atoms with Crippen molar-refractivity contribution in [1.29, 1.82) is 0 Å². The maximum Gasteiger partial charge on any atom is 0.0727 e. The number of aryl methyl sites for hydroxylation is 2. The molecule has 132 valence electrons. The minimum Gasteiger partial charge on any atom is -0.372 e. The summed E-state index contributed by atoms with van der Waals surface area (Å²) in [5.74, 6) is 0. The minimum atomic E-state index is 0.635. The molecule has 25 heavy (non-hydrogen) atoms. The Labute approximate surface area is 153 Å². The molecular formula is C24H30O. The number of hydrogen-bond donors (Lipinski definition) is 0. The van der Waals surface area contributed by atoms with Gasteiger partial charge in [-0.05, 0) is 60.1 Å². The van der Waals surface area contributed by atoms with Crippen LogP contribution >= 0.6 is 0 Å². The average molecular weight is 335 g/mol. The molecule has 2 aromatic carbocycles. The van der Waals surface area contributed by atoms with Gasteiger partial charge in [-0.1, -0.05) is 74.5 Å². The van der Waals surface area contributed by atoms with Crippen LogP contribution in [0.15, 0.2) is 48.6 Å². The van der Waals surface area contributed by atoms with Crippen LogP contribution < -0.4 is 0 Å².